The third kappa shape index (κ3) is 2.23. The van der Waals surface area contributed by atoms with Gasteiger partial charge in [-0.3, -0.25) is 10.1 Å². The number of nitrogens with one attached hydrogen (secondary N) is 1. The fourth-order valence-electron chi connectivity index (χ4n) is 2.22. The Morgan fingerprint density at radius 3 is 2.76 bits per heavy atom. The van der Waals surface area contributed by atoms with Crippen LogP contribution in [0.5, 0.6) is 0 Å². The fraction of sp³-hybridized carbons (Fsp3) is 0.583. The second-order valence-corrected chi connectivity index (χ2v) is 4.73. The van der Waals surface area contributed by atoms with Gasteiger partial charge in [0.15, 0.2) is 0 Å². The lowest BCUT2D eigenvalue weighted by molar-refractivity contribution is -0.385. The van der Waals surface area contributed by atoms with Crippen LogP contribution < -0.4 is 5.32 Å². The maximum atomic E-state index is 10.8. The van der Waals surface area contributed by atoms with Gasteiger partial charge in [0.25, 0.3) is 5.69 Å². The summed E-state index contributed by atoms with van der Waals surface area (Å²) in [5.41, 5.74) is 0.837. The summed E-state index contributed by atoms with van der Waals surface area (Å²) in [5.74, 6) is 0.615. The molecule has 0 amide bonds. The van der Waals surface area contributed by atoms with Crippen LogP contribution in [0.25, 0.3) is 0 Å². The molecule has 1 aromatic heterocycles. The lowest BCUT2D eigenvalue weighted by Crippen LogP contribution is -2.44. The number of anilines is 1. The van der Waals surface area contributed by atoms with E-state index in [2.05, 4.69) is 17.2 Å². The van der Waals surface area contributed by atoms with Crippen molar-refractivity contribution in [1.82, 2.24) is 4.98 Å². The van der Waals surface area contributed by atoms with Crippen molar-refractivity contribution < 1.29 is 4.92 Å². The smallest absolute Gasteiger partial charge is 0.277 e. The summed E-state index contributed by atoms with van der Waals surface area (Å²) in [6, 6.07) is 1.53. The molecule has 1 N–H and O–H groups in total. The van der Waals surface area contributed by atoms with E-state index in [1.165, 1.54) is 12.5 Å². The molecule has 1 aliphatic carbocycles. The first kappa shape index (κ1) is 11.8. The number of aromatic nitrogens is 1. The van der Waals surface area contributed by atoms with E-state index in [4.69, 9.17) is 0 Å². The van der Waals surface area contributed by atoms with Gasteiger partial charge in [-0.15, -0.1) is 0 Å². The van der Waals surface area contributed by atoms with Gasteiger partial charge < -0.3 is 5.32 Å². The summed E-state index contributed by atoms with van der Waals surface area (Å²) in [5, 5.41) is 14.2. The highest BCUT2D eigenvalue weighted by Crippen LogP contribution is 2.38. The normalized spacial score (nSPS) is 17.3. The van der Waals surface area contributed by atoms with Crippen molar-refractivity contribution in [2.45, 2.75) is 45.1 Å². The minimum Gasteiger partial charge on any atom is -0.364 e. The SMILES string of the molecule is CCC1(Nc2cc([N+](=O)[O-])c(C)cn2)CCC1. The van der Waals surface area contributed by atoms with Gasteiger partial charge in [-0.25, -0.2) is 4.98 Å². The lowest BCUT2D eigenvalue weighted by atomic mass is 9.75. The Morgan fingerprint density at radius 1 is 1.59 bits per heavy atom. The van der Waals surface area contributed by atoms with E-state index in [1.807, 2.05) is 0 Å². The molecule has 1 aromatic rings. The molecule has 0 unspecified atom stereocenters. The molecule has 1 aliphatic rings. The Hall–Kier alpha value is -1.65. The average Bonchev–Trinajstić information content (AvgIpc) is 2.25. The molecule has 5 nitrogen and oxygen atoms in total. The van der Waals surface area contributed by atoms with Gasteiger partial charge in [0.2, 0.25) is 0 Å². The molecule has 0 atom stereocenters. The molecular formula is C12H17N3O2. The first-order valence-corrected chi connectivity index (χ1v) is 5.95. The average molecular weight is 235 g/mol. The third-order valence-electron chi connectivity index (χ3n) is 3.65. The highest BCUT2D eigenvalue weighted by atomic mass is 16.6. The molecule has 1 saturated carbocycles. The van der Waals surface area contributed by atoms with Crippen molar-refractivity contribution >= 4 is 11.5 Å². The summed E-state index contributed by atoms with van der Waals surface area (Å²) in [7, 11) is 0. The van der Waals surface area contributed by atoms with Crippen LogP contribution in [0.4, 0.5) is 11.5 Å². The van der Waals surface area contributed by atoms with Crippen molar-refractivity contribution in [2.75, 3.05) is 5.32 Å². The van der Waals surface area contributed by atoms with Crippen molar-refractivity contribution in [3.05, 3.63) is 27.9 Å². The van der Waals surface area contributed by atoms with Gasteiger partial charge >= 0.3 is 0 Å². The zero-order chi connectivity index (χ0) is 12.5. The Morgan fingerprint density at radius 2 is 2.29 bits per heavy atom. The molecule has 2 rings (SSSR count). The van der Waals surface area contributed by atoms with Crippen molar-refractivity contribution in [3.63, 3.8) is 0 Å². The summed E-state index contributed by atoms with van der Waals surface area (Å²) < 4.78 is 0. The molecule has 0 radical (unpaired) electrons. The summed E-state index contributed by atoms with van der Waals surface area (Å²) >= 11 is 0. The van der Waals surface area contributed by atoms with E-state index in [1.54, 1.807) is 13.1 Å². The molecule has 0 bridgehead atoms. The molecule has 0 saturated heterocycles. The Bertz CT molecular complexity index is 436. The Balaban J connectivity index is 2.22. The van der Waals surface area contributed by atoms with E-state index in [0.29, 0.717) is 11.4 Å². The third-order valence-corrected chi connectivity index (χ3v) is 3.65. The maximum Gasteiger partial charge on any atom is 0.277 e. The molecule has 0 aromatic carbocycles. The largest absolute Gasteiger partial charge is 0.364 e. The van der Waals surface area contributed by atoms with Gasteiger partial charge in [0.1, 0.15) is 5.82 Å². The monoisotopic (exact) mass is 235 g/mol. The van der Waals surface area contributed by atoms with Crippen molar-refractivity contribution in [3.8, 4) is 0 Å². The maximum absolute atomic E-state index is 10.8. The first-order chi connectivity index (χ1) is 8.06. The van der Waals surface area contributed by atoms with E-state index in [0.717, 1.165) is 19.3 Å². The van der Waals surface area contributed by atoms with E-state index in [-0.39, 0.29) is 16.1 Å². The molecular weight excluding hydrogens is 218 g/mol. The first-order valence-electron chi connectivity index (χ1n) is 5.95. The second kappa shape index (κ2) is 4.31. The molecule has 0 spiro atoms. The van der Waals surface area contributed by atoms with E-state index < -0.39 is 0 Å². The van der Waals surface area contributed by atoms with E-state index in [9.17, 15) is 10.1 Å². The Kier molecular flexibility index (Phi) is 3.00. The molecule has 1 heterocycles. The lowest BCUT2D eigenvalue weighted by Gasteiger charge is -2.42. The number of hydrogen-bond acceptors (Lipinski definition) is 4. The van der Waals surface area contributed by atoms with Crippen LogP contribution >= 0.6 is 0 Å². The quantitative estimate of drug-likeness (QED) is 0.643. The summed E-state index contributed by atoms with van der Waals surface area (Å²) in [6.07, 6.45) is 6.04. The zero-order valence-corrected chi connectivity index (χ0v) is 10.2. The number of pyridine rings is 1. The molecule has 92 valence electrons. The van der Waals surface area contributed by atoms with Crippen LogP contribution in [-0.2, 0) is 0 Å². The minimum atomic E-state index is -0.360. The highest BCUT2D eigenvalue weighted by molar-refractivity contribution is 5.50. The van der Waals surface area contributed by atoms with Crippen LogP contribution in [-0.4, -0.2) is 15.4 Å². The molecule has 17 heavy (non-hydrogen) atoms. The van der Waals surface area contributed by atoms with Crippen LogP contribution in [0.1, 0.15) is 38.2 Å². The standard InChI is InChI=1S/C12H17N3O2/c1-3-12(5-4-6-12)14-11-7-10(15(16)17)9(2)8-13-11/h7-8H,3-6H2,1-2H3,(H,13,14). The minimum absolute atomic E-state index is 0.107. The van der Waals surface area contributed by atoms with E-state index >= 15 is 0 Å². The van der Waals surface area contributed by atoms with Gasteiger partial charge in [-0.05, 0) is 32.6 Å². The zero-order valence-electron chi connectivity index (χ0n) is 10.2. The van der Waals surface area contributed by atoms with Gasteiger partial charge in [-0.1, -0.05) is 6.92 Å². The topological polar surface area (TPSA) is 68.1 Å². The van der Waals surface area contributed by atoms with Gasteiger partial charge in [-0.2, -0.15) is 0 Å². The second-order valence-electron chi connectivity index (χ2n) is 4.73. The predicted octanol–water partition coefficient (Wildman–Crippen LogP) is 3.04. The number of aryl methyl sites for hydroxylation is 1. The molecule has 1 fully saturated rings. The van der Waals surface area contributed by atoms with Gasteiger partial charge in [0.05, 0.1) is 11.0 Å². The van der Waals surface area contributed by atoms with Crippen LogP contribution in [0.3, 0.4) is 0 Å². The van der Waals surface area contributed by atoms with Crippen molar-refractivity contribution in [2.24, 2.45) is 0 Å². The Labute approximate surface area is 100 Å². The fourth-order valence-corrected chi connectivity index (χ4v) is 2.22. The molecule has 0 aliphatic heterocycles. The number of nitro groups is 1. The van der Waals surface area contributed by atoms with Crippen LogP contribution in [0, 0.1) is 17.0 Å². The number of rotatable bonds is 4. The number of hydrogen-bond donors (Lipinski definition) is 1. The van der Waals surface area contributed by atoms with Crippen molar-refractivity contribution in [1.29, 1.82) is 0 Å². The van der Waals surface area contributed by atoms with Crippen LogP contribution in [0.2, 0.25) is 0 Å². The molecule has 5 heteroatoms. The highest BCUT2D eigenvalue weighted by Gasteiger charge is 2.35. The van der Waals surface area contributed by atoms with Crippen LogP contribution in [0.15, 0.2) is 12.3 Å². The number of nitrogens with zero attached hydrogens (tertiary/aromatic N) is 2. The predicted molar refractivity (Wildman–Crippen MR) is 66.1 cm³/mol. The van der Waals surface area contributed by atoms with Gasteiger partial charge in [0, 0.05) is 17.3 Å². The summed E-state index contributed by atoms with van der Waals surface area (Å²) in [4.78, 5) is 14.7. The summed E-state index contributed by atoms with van der Waals surface area (Å²) in [6.45, 7) is 3.84.